The summed E-state index contributed by atoms with van der Waals surface area (Å²) in [5.74, 6) is 1.35. The molecule has 0 amide bonds. The summed E-state index contributed by atoms with van der Waals surface area (Å²) in [5, 5.41) is 9.12. The van der Waals surface area contributed by atoms with Crippen molar-refractivity contribution in [1.29, 1.82) is 0 Å². The molecule has 1 N–H and O–H groups in total. The minimum atomic E-state index is 0.236. The van der Waals surface area contributed by atoms with Crippen molar-refractivity contribution in [2.45, 2.75) is 19.3 Å². The Balaban J connectivity index is 2.41. The third-order valence-electron chi connectivity index (χ3n) is 3.31. The Labute approximate surface area is 96.6 Å². The Hall–Kier alpha value is -1.22. The van der Waals surface area contributed by atoms with E-state index in [1.807, 2.05) is 12.1 Å². The van der Waals surface area contributed by atoms with E-state index in [4.69, 9.17) is 9.84 Å². The molecule has 0 spiro atoms. The van der Waals surface area contributed by atoms with Crippen LogP contribution in [0.25, 0.3) is 0 Å². The normalized spacial score (nSPS) is 18.7. The van der Waals surface area contributed by atoms with Gasteiger partial charge in [-0.2, -0.15) is 0 Å². The fourth-order valence-corrected chi connectivity index (χ4v) is 2.54. The van der Waals surface area contributed by atoms with Gasteiger partial charge in [0.25, 0.3) is 0 Å². The van der Waals surface area contributed by atoms with E-state index in [0.717, 1.165) is 25.3 Å². The summed E-state index contributed by atoms with van der Waals surface area (Å²) in [6.45, 7) is 4.39. The summed E-state index contributed by atoms with van der Waals surface area (Å²) in [4.78, 5) is 2.35. The molecule has 0 aliphatic carbocycles. The van der Waals surface area contributed by atoms with E-state index >= 15 is 0 Å². The van der Waals surface area contributed by atoms with Crippen LogP contribution in [-0.2, 0) is 0 Å². The molecule has 1 atom stereocenters. The topological polar surface area (TPSA) is 32.7 Å². The van der Waals surface area contributed by atoms with E-state index in [9.17, 15) is 0 Å². The van der Waals surface area contributed by atoms with Crippen LogP contribution < -0.4 is 9.64 Å². The summed E-state index contributed by atoms with van der Waals surface area (Å²) in [6.07, 6.45) is 0.809. The number of fused-ring (bicyclic) bond motifs is 1. The van der Waals surface area contributed by atoms with Gasteiger partial charge in [0.1, 0.15) is 5.75 Å². The highest BCUT2D eigenvalue weighted by molar-refractivity contribution is 5.65. The van der Waals surface area contributed by atoms with Gasteiger partial charge in [-0.3, -0.25) is 0 Å². The van der Waals surface area contributed by atoms with Crippen LogP contribution in [0.1, 0.15) is 24.8 Å². The Morgan fingerprint density at radius 3 is 2.94 bits per heavy atom. The van der Waals surface area contributed by atoms with Gasteiger partial charge in [0.15, 0.2) is 0 Å². The third kappa shape index (κ3) is 1.76. The molecule has 88 valence electrons. The van der Waals surface area contributed by atoms with E-state index in [-0.39, 0.29) is 6.61 Å². The second-order valence-corrected chi connectivity index (χ2v) is 4.14. The number of rotatable bonds is 4. The molecule has 0 saturated heterocycles. The van der Waals surface area contributed by atoms with Crippen molar-refractivity contribution in [2.75, 3.05) is 31.7 Å². The molecule has 1 aliphatic heterocycles. The number of anilines is 1. The SMILES string of the molecule is CCN1CC(CCO)c2c(OC)cccc21. The molecule has 1 unspecified atom stereocenters. The number of ether oxygens (including phenoxy) is 1. The first-order valence-corrected chi connectivity index (χ1v) is 5.84. The standard InChI is InChI=1S/C13H19NO2/c1-3-14-9-10(7-8-15)13-11(14)5-4-6-12(13)16-2/h4-6,10,15H,3,7-9H2,1-2H3. The van der Waals surface area contributed by atoms with Gasteiger partial charge >= 0.3 is 0 Å². The van der Waals surface area contributed by atoms with Gasteiger partial charge in [0.05, 0.1) is 7.11 Å². The number of methoxy groups -OCH3 is 1. The van der Waals surface area contributed by atoms with Crippen LogP contribution >= 0.6 is 0 Å². The van der Waals surface area contributed by atoms with Crippen LogP contribution in [0, 0.1) is 0 Å². The lowest BCUT2D eigenvalue weighted by Gasteiger charge is -2.16. The van der Waals surface area contributed by atoms with Crippen LogP contribution in [0.4, 0.5) is 5.69 Å². The number of benzene rings is 1. The molecule has 1 heterocycles. The molecular formula is C13H19NO2. The maximum atomic E-state index is 9.12. The minimum Gasteiger partial charge on any atom is -0.496 e. The fourth-order valence-electron chi connectivity index (χ4n) is 2.54. The molecule has 1 aromatic carbocycles. The van der Waals surface area contributed by atoms with E-state index in [1.54, 1.807) is 7.11 Å². The van der Waals surface area contributed by atoms with Crippen molar-refractivity contribution in [3.63, 3.8) is 0 Å². The molecule has 16 heavy (non-hydrogen) atoms. The maximum absolute atomic E-state index is 9.12. The van der Waals surface area contributed by atoms with Crippen molar-refractivity contribution in [3.8, 4) is 5.75 Å². The lowest BCUT2D eigenvalue weighted by atomic mass is 9.97. The predicted molar refractivity (Wildman–Crippen MR) is 65.3 cm³/mol. The van der Waals surface area contributed by atoms with Crippen LogP contribution in [0.5, 0.6) is 5.75 Å². The van der Waals surface area contributed by atoms with Gasteiger partial charge in [-0.05, 0) is 25.5 Å². The number of nitrogens with zero attached hydrogens (tertiary/aromatic N) is 1. The van der Waals surface area contributed by atoms with E-state index in [0.29, 0.717) is 5.92 Å². The number of aliphatic hydroxyl groups is 1. The smallest absolute Gasteiger partial charge is 0.124 e. The number of hydrogen-bond donors (Lipinski definition) is 1. The molecule has 1 aliphatic rings. The summed E-state index contributed by atoms with van der Waals surface area (Å²) in [5.41, 5.74) is 2.53. The number of aliphatic hydroxyl groups excluding tert-OH is 1. The Morgan fingerprint density at radius 2 is 2.31 bits per heavy atom. The van der Waals surface area contributed by atoms with Gasteiger partial charge in [0, 0.05) is 36.9 Å². The van der Waals surface area contributed by atoms with Gasteiger partial charge < -0.3 is 14.7 Å². The van der Waals surface area contributed by atoms with Gasteiger partial charge in [-0.25, -0.2) is 0 Å². The Kier molecular flexibility index (Phi) is 3.34. The predicted octanol–water partition coefficient (Wildman–Crippen LogP) is 2.00. The first-order chi connectivity index (χ1) is 7.81. The molecule has 1 aromatic rings. The van der Waals surface area contributed by atoms with Crippen molar-refractivity contribution in [2.24, 2.45) is 0 Å². The first-order valence-electron chi connectivity index (χ1n) is 5.84. The van der Waals surface area contributed by atoms with Gasteiger partial charge in [0.2, 0.25) is 0 Å². The highest BCUT2D eigenvalue weighted by atomic mass is 16.5. The number of hydrogen-bond acceptors (Lipinski definition) is 3. The molecule has 0 fully saturated rings. The highest BCUT2D eigenvalue weighted by Crippen LogP contribution is 2.43. The van der Waals surface area contributed by atoms with Crippen LogP contribution in [0.3, 0.4) is 0 Å². The van der Waals surface area contributed by atoms with E-state index < -0.39 is 0 Å². The second kappa shape index (κ2) is 4.74. The third-order valence-corrected chi connectivity index (χ3v) is 3.31. The zero-order valence-corrected chi connectivity index (χ0v) is 9.94. The van der Waals surface area contributed by atoms with Crippen LogP contribution in [-0.4, -0.2) is 31.9 Å². The van der Waals surface area contributed by atoms with Crippen LogP contribution in [0.15, 0.2) is 18.2 Å². The molecule has 3 nitrogen and oxygen atoms in total. The van der Waals surface area contributed by atoms with Crippen molar-refractivity contribution in [3.05, 3.63) is 23.8 Å². The summed E-state index contributed by atoms with van der Waals surface area (Å²) in [7, 11) is 1.71. The molecule has 2 rings (SSSR count). The second-order valence-electron chi connectivity index (χ2n) is 4.14. The van der Waals surface area contributed by atoms with Crippen molar-refractivity contribution < 1.29 is 9.84 Å². The molecular weight excluding hydrogens is 202 g/mol. The zero-order chi connectivity index (χ0) is 11.5. The van der Waals surface area contributed by atoms with Crippen molar-refractivity contribution >= 4 is 5.69 Å². The molecule has 0 aromatic heterocycles. The summed E-state index contributed by atoms with van der Waals surface area (Å²) < 4.78 is 5.42. The minimum absolute atomic E-state index is 0.236. The van der Waals surface area contributed by atoms with E-state index in [2.05, 4.69) is 17.9 Å². The number of likely N-dealkylation sites (N-methyl/N-ethyl adjacent to an activating group) is 1. The molecule has 0 radical (unpaired) electrons. The Bertz CT molecular complexity index is 365. The average molecular weight is 221 g/mol. The Morgan fingerprint density at radius 1 is 1.50 bits per heavy atom. The molecule has 0 saturated carbocycles. The maximum Gasteiger partial charge on any atom is 0.124 e. The van der Waals surface area contributed by atoms with Gasteiger partial charge in [-0.15, -0.1) is 0 Å². The van der Waals surface area contributed by atoms with Crippen molar-refractivity contribution in [1.82, 2.24) is 0 Å². The summed E-state index contributed by atoms with van der Waals surface area (Å²) in [6, 6.07) is 6.17. The van der Waals surface area contributed by atoms with Crippen LogP contribution in [0.2, 0.25) is 0 Å². The first kappa shape index (κ1) is 11.3. The molecule has 3 heteroatoms. The summed E-state index contributed by atoms with van der Waals surface area (Å²) >= 11 is 0. The monoisotopic (exact) mass is 221 g/mol. The fraction of sp³-hybridized carbons (Fsp3) is 0.538. The molecule has 0 bridgehead atoms. The highest BCUT2D eigenvalue weighted by Gasteiger charge is 2.30. The largest absolute Gasteiger partial charge is 0.496 e. The lowest BCUT2D eigenvalue weighted by molar-refractivity contribution is 0.276. The average Bonchev–Trinajstić information content (AvgIpc) is 2.68. The lowest BCUT2D eigenvalue weighted by Crippen LogP contribution is -2.21. The van der Waals surface area contributed by atoms with E-state index in [1.165, 1.54) is 11.3 Å². The quantitative estimate of drug-likeness (QED) is 0.844. The zero-order valence-electron chi connectivity index (χ0n) is 9.94. The van der Waals surface area contributed by atoms with Gasteiger partial charge in [-0.1, -0.05) is 6.07 Å².